The topological polar surface area (TPSA) is 83.0 Å². The van der Waals surface area contributed by atoms with Crippen molar-refractivity contribution in [3.63, 3.8) is 0 Å². The zero-order valence-corrected chi connectivity index (χ0v) is 26.5. The van der Waals surface area contributed by atoms with Crippen LogP contribution in [0.4, 0.5) is 0 Å². The van der Waals surface area contributed by atoms with Gasteiger partial charge in [0, 0.05) is 30.6 Å². The number of aryl methyl sites for hydroxylation is 2. The molecule has 0 radical (unpaired) electrons. The molecule has 0 aliphatic heterocycles. The maximum atomic E-state index is 10.3. The highest BCUT2D eigenvalue weighted by Gasteiger charge is 2.37. The van der Waals surface area contributed by atoms with E-state index in [0.717, 1.165) is 47.9 Å². The van der Waals surface area contributed by atoms with Gasteiger partial charge in [0.15, 0.2) is 0 Å². The first-order chi connectivity index (χ1) is 18.9. The van der Waals surface area contributed by atoms with Crippen molar-refractivity contribution in [1.82, 2.24) is 10.6 Å². The molecule has 0 aromatic heterocycles. The molecule has 1 saturated carbocycles. The summed E-state index contributed by atoms with van der Waals surface area (Å²) in [6, 6.07) is 9.00. The molecule has 8 heteroatoms. The second kappa shape index (κ2) is 15.1. The minimum atomic E-state index is -0.624. The molecule has 0 bridgehead atoms. The van der Waals surface area contributed by atoms with Gasteiger partial charge in [-0.2, -0.15) is 0 Å². The number of ether oxygens (including phenoxy) is 2. The summed E-state index contributed by atoms with van der Waals surface area (Å²) < 4.78 is 12.0. The van der Waals surface area contributed by atoms with E-state index in [1.807, 2.05) is 53.7 Å². The minimum Gasteiger partial charge on any atom is -0.489 e. The average Bonchev–Trinajstić information content (AvgIpc) is 2.89. The summed E-state index contributed by atoms with van der Waals surface area (Å²) in [6.45, 7) is 13.4. The van der Waals surface area contributed by atoms with E-state index in [1.165, 1.54) is 6.42 Å². The molecule has 2 aromatic rings. The Bertz CT molecular complexity index is 977. The highest BCUT2D eigenvalue weighted by Crippen LogP contribution is 2.49. The molecule has 1 aliphatic carbocycles. The molecule has 0 spiro atoms. The molecular weight excluding hydrogens is 547 g/mol. The highest BCUT2D eigenvalue weighted by atomic mass is 35.5. The van der Waals surface area contributed by atoms with Gasteiger partial charge in [-0.05, 0) is 61.1 Å². The molecule has 1 aliphatic rings. The van der Waals surface area contributed by atoms with Crippen molar-refractivity contribution in [3.8, 4) is 11.5 Å². The van der Waals surface area contributed by atoms with E-state index in [2.05, 4.69) is 22.8 Å². The predicted octanol–water partition coefficient (Wildman–Crippen LogP) is 6.34. The number of aliphatic hydroxyl groups excluding tert-OH is 2. The van der Waals surface area contributed by atoms with E-state index in [9.17, 15) is 10.2 Å². The van der Waals surface area contributed by atoms with Crippen molar-refractivity contribution in [2.75, 3.05) is 26.3 Å². The fourth-order valence-electron chi connectivity index (χ4n) is 5.50. The summed E-state index contributed by atoms with van der Waals surface area (Å²) in [5.41, 5.74) is 3.98. The monoisotopic (exact) mass is 594 g/mol. The van der Waals surface area contributed by atoms with E-state index in [1.54, 1.807) is 0 Å². The SMILES string of the molecule is Cc1cc(C2(c3cc(C)c(OCC(O)CNC(C)C)c(Cl)c3)CCCCC2)cc(Cl)c1OCC(O)CNC(C)C. The first kappa shape index (κ1) is 33.0. The van der Waals surface area contributed by atoms with Gasteiger partial charge in [-0.15, -0.1) is 0 Å². The predicted molar refractivity (Wildman–Crippen MR) is 166 cm³/mol. The van der Waals surface area contributed by atoms with Gasteiger partial charge < -0.3 is 30.3 Å². The number of aliphatic hydroxyl groups is 2. The summed E-state index contributed by atoms with van der Waals surface area (Å²) in [5, 5.41) is 28.2. The Morgan fingerprint density at radius 1 is 0.725 bits per heavy atom. The van der Waals surface area contributed by atoms with Gasteiger partial charge in [0.2, 0.25) is 0 Å². The van der Waals surface area contributed by atoms with Gasteiger partial charge in [-0.3, -0.25) is 0 Å². The van der Waals surface area contributed by atoms with Crippen molar-refractivity contribution >= 4 is 23.2 Å². The maximum absolute atomic E-state index is 10.3. The summed E-state index contributed by atoms with van der Waals surface area (Å²) in [4.78, 5) is 0. The van der Waals surface area contributed by atoms with E-state index >= 15 is 0 Å². The first-order valence-corrected chi connectivity index (χ1v) is 15.4. The number of rotatable bonds is 14. The lowest BCUT2D eigenvalue weighted by atomic mass is 9.65. The number of benzene rings is 2. The van der Waals surface area contributed by atoms with Crippen LogP contribution in [0.2, 0.25) is 10.0 Å². The fourth-order valence-corrected chi connectivity index (χ4v) is 6.14. The lowest BCUT2D eigenvalue weighted by Gasteiger charge is -2.39. The number of hydrogen-bond acceptors (Lipinski definition) is 6. The highest BCUT2D eigenvalue weighted by molar-refractivity contribution is 6.32. The Hall–Kier alpha value is -1.54. The lowest BCUT2D eigenvalue weighted by Crippen LogP contribution is -2.35. The standard InChI is InChI=1S/C32H48Cl2N2O4/c1-20(2)35-16-26(37)18-39-30-22(5)12-24(14-28(30)33)32(10-8-7-9-11-32)25-13-23(6)31(29(34)15-25)40-19-27(38)17-36-21(3)4/h12-15,20-21,26-27,35-38H,7-11,16-19H2,1-6H3. The third kappa shape index (κ3) is 8.73. The largest absolute Gasteiger partial charge is 0.489 e. The summed E-state index contributed by atoms with van der Waals surface area (Å²) in [5.74, 6) is 1.23. The summed E-state index contributed by atoms with van der Waals surface area (Å²) in [7, 11) is 0. The van der Waals surface area contributed by atoms with Gasteiger partial charge in [0.1, 0.15) is 36.9 Å². The molecule has 0 amide bonds. The third-order valence-corrected chi connectivity index (χ3v) is 8.20. The van der Waals surface area contributed by atoms with E-state index in [4.69, 9.17) is 32.7 Å². The molecule has 40 heavy (non-hydrogen) atoms. The van der Waals surface area contributed by atoms with E-state index in [-0.39, 0.29) is 18.6 Å². The third-order valence-electron chi connectivity index (χ3n) is 7.63. The molecule has 6 nitrogen and oxygen atoms in total. The van der Waals surface area contributed by atoms with Crippen molar-refractivity contribution in [2.45, 2.75) is 103 Å². The number of nitrogens with one attached hydrogen (secondary N) is 2. The zero-order chi connectivity index (χ0) is 29.4. The van der Waals surface area contributed by atoms with Gasteiger partial charge >= 0.3 is 0 Å². The minimum absolute atomic E-state index is 0.170. The molecule has 0 heterocycles. The quantitative estimate of drug-likeness (QED) is 0.204. The van der Waals surface area contributed by atoms with Crippen LogP contribution in [-0.2, 0) is 5.41 Å². The average molecular weight is 596 g/mol. The van der Waals surface area contributed by atoms with Gasteiger partial charge in [0.05, 0.1) is 10.0 Å². The van der Waals surface area contributed by atoms with Crippen LogP contribution in [0, 0.1) is 13.8 Å². The van der Waals surface area contributed by atoms with Crippen molar-refractivity contribution in [2.24, 2.45) is 0 Å². The van der Waals surface area contributed by atoms with Crippen LogP contribution in [0.5, 0.6) is 11.5 Å². The van der Waals surface area contributed by atoms with Crippen LogP contribution < -0.4 is 20.1 Å². The van der Waals surface area contributed by atoms with Gasteiger partial charge in [-0.1, -0.05) is 82.3 Å². The van der Waals surface area contributed by atoms with E-state index in [0.29, 0.717) is 46.7 Å². The summed E-state index contributed by atoms with van der Waals surface area (Å²) in [6.07, 6.45) is 4.19. The fraction of sp³-hybridized carbons (Fsp3) is 0.625. The van der Waals surface area contributed by atoms with Gasteiger partial charge in [-0.25, -0.2) is 0 Å². The second-order valence-electron chi connectivity index (χ2n) is 11.9. The summed E-state index contributed by atoms with van der Waals surface area (Å²) >= 11 is 13.6. The molecule has 4 N–H and O–H groups in total. The molecule has 2 aromatic carbocycles. The number of halogens is 2. The molecule has 0 saturated heterocycles. The Kier molecular flexibility index (Phi) is 12.4. The van der Waals surface area contributed by atoms with Crippen molar-refractivity contribution in [3.05, 3.63) is 56.6 Å². The van der Waals surface area contributed by atoms with Crippen LogP contribution in [0.1, 0.15) is 82.1 Å². The normalized spacial score (nSPS) is 16.8. The van der Waals surface area contributed by atoms with Crippen molar-refractivity contribution in [1.29, 1.82) is 0 Å². The van der Waals surface area contributed by atoms with Crippen molar-refractivity contribution < 1.29 is 19.7 Å². The van der Waals surface area contributed by atoms with E-state index < -0.39 is 12.2 Å². The lowest BCUT2D eigenvalue weighted by molar-refractivity contribution is 0.104. The molecular formula is C32H48Cl2N2O4. The number of hydrogen-bond donors (Lipinski definition) is 4. The second-order valence-corrected chi connectivity index (χ2v) is 12.7. The first-order valence-electron chi connectivity index (χ1n) is 14.6. The zero-order valence-electron chi connectivity index (χ0n) is 24.9. The molecule has 3 rings (SSSR count). The van der Waals surface area contributed by atoms with Crippen LogP contribution in [-0.4, -0.2) is 60.8 Å². The smallest absolute Gasteiger partial charge is 0.140 e. The Morgan fingerprint density at radius 2 is 1.12 bits per heavy atom. The van der Waals surface area contributed by atoms with Crippen LogP contribution >= 0.6 is 23.2 Å². The van der Waals surface area contributed by atoms with Gasteiger partial charge in [0.25, 0.3) is 0 Å². The molecule has 2 unspecified atom stereocenters. The Balaban J connectivity index is 1.85. The molecule has 2 atom stereocenters. The van der Waals surface area contributed by atoms with Crippen LogP contribution in [0.15, 0.2) is 24.3 Å². The molecule has 1 fully saturated rings. The Labute approximate surface area is 250 Å². The van der Waals surface area contributed by atoms with Crippen LogP contribution in [0.25, 0.3) is 0 Å². The maximum Gasteiger partial charge on any atom is 0.140 e. The van der Waals surface area contributed by atoms with Crippen LogP contribution in [0.3, 0.4) is 0 Å². The Morgan fingerprint density at radius 3 is 1.48 bits per heavy atom. The molecule has 224 valence electrons.